The molecule has 0 fully saturated rings. The molecule has 0 aliphatic heterocycles. The SMILES string of the molecule is CC/C=C\C/C=C\C/C=C\C/C=C\C/C=C\C/C=C\C/C=C\C/C=C\C/C=C\C/C=C\C/C=C\CCCCCCCC(=O)OC(COC(=O)CCC/C=C\C/C=C\C/C=C\C/C=C\C/C=C\C/C=C\C/C=C\C/C=C\C/C=C\CC)COP(=O)(O)OCCN. The van der Waals surface area contributed by atoms with Gasteiger partial charge in [-0.25, -0.2) is 4.57 Å². The van der Waals surface area contributed by atoms with Gasteiger partial charge in [0.1, 0.15) is 6.61 Å². The Morgan fingerprint density at radius 3 is 0.899 bits per heavy atom. The first-order chi connectivity index (χ1) is 43.8. The molecular weight excluding hydrogens is 1120 g/mol. The van der Waals surface area contributed by atoms with E-state index >= 15 is 0 Å². The lowest BCUT2D eigenvalue weighted by molar-refractivity contribution is -0.161. The summed E-state index contributed by atoms with van der Waals surface area (Å²) in [6.45, 7) is 3.38. The lowest BCUT2D eigenvalue weighted by Crippen LogP contribution is -2.29. The van der Waals surface area contributed by atoms with Gasteiger partial charge >= 0.3 is 19.8 Å². The Kier molecular flexibility index (Phi) is 66.0. The first-order valence-corrected chi connectivity index (χ1v) is 35.0. The summed E-state index contributed by atoms with van der Waals surface area (Å²) in [5, 5.41) is 0. The highest BCUT2D eigenvalue weighted by molar-refractivity contribution is 7.47. The van der Waals surface area contributed by atoms with Crippen LogP contribution in [0.5, 0.6) is 0 Å². The summed E-state index contributed by atoms with van der Waals surface area (Å²) in [4.78, 5) is 35.3. The number of carbonyl (C=O) groups is 2. The first-order valence-electron chi connectivity index (χ1n) is 33.5. The molecule has 10 heteroatoms. The summed E-state index contributed by atoms with van der Waals surface area (Å²) in [5.74, 6) is -0.943. The lowest BCUT2D eigenvalue weighted by Gasteiger charge is -2.19. The van der Waals surface area contributed by atoms with Crippen LogP contribution in [0.25, 0.3) is 0 Å². The second-order valence-corrected chi connectivity index (χ2v) is 22.3. The highest BCUT2D eigenvalue weighted by Gasteiger charge is 2.26. The van der Waals surface area contributed by atoms with E-state index in [1.165, 1.54) is 0 Å². The van der Waals surface area contributed by atoms with Crippen molar-refractivity contribution >= 4 is 19.8 Å². The highest BCUT2D eigenvalue weighted by atomic mass is 31.2. The number of esters is 2. The van der Waals surface area contributed by atoms with E-state index in [9.17, 15) is 19.0 Å². The van der Waals surface area contributed by atoms with E-state index in [0.29, 0.717) is 19.3 Å². The molecule has 0 heterocycles. The molecule has 89 heavy (non-hydrogen) atoms. The summed E-state index contributed by atoms with van der Waals surface area (Å²) >= 11 is 0. The first kappa shape index (κ1) is 82.8. The minimum Gasteiger partial charge on any atom is -0.462 e. The predicted octanol–water partition coefficient (Wildman–Crippen LogP) is 22.4. The van der Waals surface area contributed by atoms with E-state index in [2.05, 4.69) is 251 Å². The molecule has 0 aromatic heterocycles. The van der Waals surface area contributed by atoms with Crippen molar-refractivity contribution < 1.29 is 37.6 Å². The third-order valence-electron chi connectivity index (χ3n) is 12.7. The summed E-state index contributed by atoms with van der Waals surface area (Å²) in [6, 6.07) is 0. The molecule has 2 unspecified atom stereocenters. The lowest BCUT2D eigenvalue weighted by atomic mass is 10.1. The van der Waals surface area contributed by atoms with Crippen molar-refractivity contribution in [1.29, 1.82) is 0 Å². The number of carbonyl (C=O) groups excluding carboxylic acids is 2. The Morgan fingerprint density at radius 1 is 0.337 bits per heavy atom. The van der Waals surface area contributed by atoms with Gasteiger partial charge < -0.3 is 20.1 Å². The number of ether oxygens (including phenoxy) is 2. The van der Waals surface area contributed by atoms with E-state index in [1.54, 1.807) is 0 Å². The number of phosphoric ester groups is 1. The predicted molar refractivity (Wildman–Crippen MR) is 384 cm³/mol. The summed E-state index contributed by atoms with van der Waals surface area (Å²) in [5.41, 5.74) is 5.39. The van der Waals surface area contributed by atoms with Crippen LogP contribution in [-0.4, -0.2) is 49.3 Å². The molecule has 0 rings (SSSR count). The van der Waals surface area contributed by atoms with Gasteiger partial charge in [-0.3, -0.25) is 18.6 Å². The normalized spacial score (nSPS) is 14.5. The number of hydrogen-bond acceptors (Lipinski definition) is 8. The molecule has 0 saturated heterocycles. The van der Waals surface area contributed by atoms with Crippen molar-refractivity contribution in [2.75, 3.05) is 26.4 Å². The average Bonchev–Trinajstić information content (AvgIpc) is 3.68. The van der Waals surface area contributed by atoms with Crippen molar-refractivity contribution in [2.24, 2.45) is 5.73 Å². The fraction of sp³-hybridized carbons (Fsp3) is 0.468. The molecule has 0 radical (unpaired) electrons. The summed E-state index contributed by atoms with van der Waals surface area (Å²) in [7, 11) is -4.43. The molecule has 492 valence electrons. The Balaban J connectivity index is 4.16. The number of allylic oxidation sites excluding steroid dienone is 40. The third kappa shape index (κ3) is 70.8. The average molecular weight is 1240 g/mol. The molecule has 0 aromatic rings. The summed E-state index contributed by atoms with van der Waals surface area (Å²) < 4.78 is 33.0. The van der Waals surface area contributed by atoms with Crippen molar-refractivity contribution in [3.63, 3.8) is 0 Å². The Hall–Kier alpha value is -6.19. The number of hydrogen-bond donors (Lipinski definition) is 2. The van der Waals surface area contributed by atoms with Gasteiger partial charge in [-0.05, 0) is 161 Å². The zero-order chi connectivity index (χ0) is 64.4. The van der Waals surface area contributed by atoms with Gasteiger partial charge in [0.25, 0.3) is 0 Å². The second kappa shape index (κ2) is 70.9. The maximum absolute atomic E-state index is 12.7. The van der Waals surface area contributed by atoms with Crippen molar-refractivity contribution in [1.82, 2.24) is 0 Å². The van der Waals surface area contributed by atoms with Crippen LogP contribution < -0.4 is 5.73 Å². The minimum absolute atomic E-state index is 0.0277. The maximum Gasteiger partial charge on any atom is 0.472 e. The maximum atomic E-state index is 12.7. The van der Waals surface area contributed by atoms with Gasteiger partial charge in [0.2, 0.25) is 0 Å². The number of phosphoric acid groups is 1. The van der Waals surface area contributed by atoms with Crippen molar-refractivity contribution in [3.05, 3.63) is 243 Å². The van der Waals surface area contributed by atoms with E-state index in [0.717, 1.165) is 161 Å². The van der Waals surface area contributed by atoms with Crippen LogP contribution in [0.1, 0.15) is 206 Å². The molecule has 0 amide bonds. The highest BCUT2D eigenvalue weighted by Crippen LogP contribution is 2.43. The van der Waals surface area contributed by atoms with Crippen molar-refractivity contribution in [2.45, 2.75) is 213 Å². The van der Waals surface area contributed by atoms with Gasteiger partial charge in [-0.1, -0.05) is 276 Å². The van der Waals surface area contributed by atoms with Crippen LogP contribution in [0.4, 0.5) is 0 Å². The van der Waals surface area contributed by atoms with Crippen LogP contribution in [0.15, 0.2) is 243 Å². The molecule has 2 atom stereocenters. The molecule has 0 bridgehead atoms. The molecule has 0 aromatic carbocycles. The number of unbranched alkanes of at least 4 members (excludes halogenated alkanes) is 6. The zero-order valence-corrected chi connectivity index (χ0v) is 55.9. The van der Waals surface area contributed by atoms with Crippen LogP contribution in [-0.2, 0) is 32.7 Å². The molecule has 3 N–H and O–H groups in total. The molecule has 0 aliphatic rings. The quantitative estimate of drug-likeness (QED) is 0.0264. The molecule has 9 nitrogen and oxygen atoms in total. The van der Waals surface area contributed by atoms with E-state index in [1.807, 2.05) is 6.08 Å². The Labute approximate surface area is 542 Å². The largest absolute Gasteiger partial charge is 0.472 e. The Morgan fingerprint density at radius 2 is 0.596 bits per heavy atom. The van der Waals surface area contributed by atoms with Crippen LogP contribution in [0.3, 0.4) is 0 Å². The topological polar surface area (TPSA) is 134 Å². The van der Waals surface area contributed by atoms with Crippen LogP contribution in [0, 0.1) is 0 Å². The minimum atomic E-state index is -4.43. The van der Waals surface area contributed by atoms with Crippen molar-refractivity contribution in [3.8, 4) is 0 Å². The fourth-order valence-electron chi connectivity index (χ4n) is 7.88. The Bertz CT molecular complexity index is 2360. The fourth-order valence-corrected chi connectivity index (χ4v) is 8.64. The van der Waals surface area contributed by atoms with Gasteiger partial charge in [-0.2, -0.15) is 0 Å². The number of rotatable bonds is 59. The van der Waals surface area contributed by atoms with Crippen LogP contribution >= 0.6 is 7.82 Å². The molecular formula is C79H118NO8P. The molecule has 0 aliphatic carbocycles. The van der Waals surface area contributed by atoms with E-state index in [-0.39, 0.29) is 32.6 Å². The number of nitrogens with two attached hydrogens (primary N) is 1. The molecule has 0 spiro atoms. The smallest absolute Gasteiger partial charge is 0.462 e. The van der Waals surface area contributed by atoms with Gasteiger partial charge in [0.15, 0.2) is 6.10 Å². The third-order valence-corrected chi connectivity index (χ3v) is 13.7. The standard InChI is InChI=1S/C79H118NO8P/c1-3-5-7-9-11-13-15-17-19-21-23-25-27-29-31-33-34-35-36-37-38-39-40-41-42-44-46-48-50-52-54-56-58-60-62-64-66-68-70-72-79(82)88-77(76-87-89(83,84)86-74-73-80)75-85-78(81)71-69-67-65-63-61-59-57-55-53-51-49-47-45-43-32-30-28-26-24-22-20-18-16-14-12-10-8-6-4-2/h5-8,11-14,17-20,23-26,29-32,34-35,37-38,40-41,44-47,50-53,56-59,63,65,77H,3-4,9-10,15-16,21-22,27-28,33,36,39,42-43,48-49,54-55,60-62,64,66-76,80H2,1-2H3,(H,83,84)/b7-5-,8-6-,13-11-,14-12-,19-17-,20-18-,25-23-,26-24-,31-29-,32-30-,35-34-,38-37-,41-40-,46-44-,47-45-,52-50-,53-51-,58-56-,59-57-,65-63-. The summed E-state index contributed by atoms with van der Waals surface area (Å²) in [6.07, 6.45) is 114. The second-order valence-electron chi connectivity index (χ2n) is 20.9. The van der Waals surface area contributed by atoms with Gasteiger partial charge in [-0.15, -0.1) is 0 Å². The monoisotopic (exact) mass is 1240 g/mol. The zero-order valence-electron chi connectivity index (χ0n) is 55.0. The van der Waals surface area contributed by atoms with Gasteiger partial charge in [0.05, 0.1) is 13.2 Å². The van der Waals surface area contributed by atoms with E-state index in [4.69, 9.17) is 24.3 Å². The van der Waals surface area contributed by atoms with Gasteiger partial charge in [0, 0.05) is 19.4 Å². The van der Waals surface area contributed by atoms with Crippen LogP contribution in [0.2, 0.25) is 0 Å². The molecule has 0 saturated carbocycles. The van der Waals surface area contributed by atoms with E-state index < -0.39 is 32.5 Å².